The molecule has 9 nitrogen and oxygen atoms in total. The molecule has 0 spiro atoms. The van der Waals surface area contributed by atoms with Gasteiger partial charge in [0, 0.05) is 37.2 Å². The van der Waals surface area contributed by atoms with Crippen LogP contribution in [0.2, 0.25) is 0 Å². The molecule has 1 saturated heterocycles. The average Bonchev–Trinajstić information content (AvgIpc) is 3.34. The van der Waals surface area contributed by atoms with Gasteiger partial charge in [-0.2, -0.15) is 0 Å². The molecule has 3 rings (SSSR count). The first-order chi connectivity index (χ1) is 15.5. The first-order valence-electron chi connectivity index (χ1n) is 10.2. The molecule has 0 radical (unpaired) electrons. The molecule has 32 heavy (non-hydrogen) atoms. The van der Waals surface area contributed by atoms with Crippen molar-refractivity contribution in [2.75, 3.05) is 48.7 Å². The molecule has 1 fully saturated rings. The highest BCUT2D eigenvalue weighted by Crippen LogP contribution is 2.45. The van der Waals surface area contributed by atoms with Crippen LogP contribution in [0.15, 0.2) is 35.7 Å². The summed E-state index contributed by atoms with van der Waals surface area (Å²) in [6, 6.07) is 3.34. The topological polar surface area (TPSA) is 92.8 Å². The van der Waals surface area contributed by atoms with E-state index in [1.807, 2.05) is 0 Å². The summed E-state index contributed by atoms with van der Waals surface area (Å²) in [4.78, 5) is 27.5. The van der Waals surface area contributed by atoms with Gasteiger partial charge in [0.25, 0.3) is 0 Å². The van der Waals surface area contributed by atoms with Crippen molar-refractivity contribution in [1.29, 1.82) is 0 Å². The van der Waals surface area contributed by atoms with Crippen molar-refractivity contribution >= 4 is 11.9 Å². The van der Waals surface area contributed by atoms with Gasteiger partial charge in [-0.3, -0.25) is 0 Å². The van der Waals surface area contributed by atoms with Crippen molar-refractivity contribution in [3.8, 4) is 17.2 Å². The smallest absolute Gasteiger partial charge is 0.336 e. The summed E-state index contributed by atoms with van der Waals surface area (Å²) in [5.74, 6) is -0.637. The molecule has 9 heteroatoms. The number of hydrogen-bond acceptors (Lipinski definition) is 9. The van der Waals surface area contributed by atoms with Gasteiger partial charge in [-0.15, -0.1) is 0 Å². The summed E-state index contributed by atoms with van der Waals surface area (Å²) in [7, 11) is 7.12. The van der Waals surface area contributed by atoms with Gasteiger partial charge < -0.3 is 33.3 Å². The van der Waals surface area contributed by atoms with E-state index in [9.17, 15) is 9.59 Å². The van der Waals surface area contributed by atoms with Crippen LogP contribution in [0.1, 0.15) is 24.3 Å². The lowest BCUT2D eigenvalue weighted by molar-refractivity contribution is -0.137. The zero-order chi connectivity index (χ0) is 23.3. The average molecular weight is 447 g/mol. The van der Waals surface area contributed by atoms with Crippen molar-refractivity contribution in [2.24, 2.45) is 0 Å². The van der Waals surface area contributed by atoms with Crippen molar-refractivity contribution in [3.63, 3.8) is 0 Å². The number of benzene rings is 1. The van der Waals surface area contributed by atoms with E-state index in [0.29, 0.717) is 36.0 Å². The van der Waals surface area contributed by atoms with Gasteiger partial charge in [0.15, 0.2) is 11.5 Å². The second-order valence-corrected chi connectivity index (χ2v) is 7.37. The first-order valence-corrected chi connectivity index (χ1v) is 10.2. The molecule has 0 bridgehead atoms. The van der Waals surface area contributed by atoms with Crippen LogP contribution in [0.25, 0.3) is 0 Å². The lowest BCUT2D eigenvalue weighted by Gasteiger charge is -2.32. The fraction of sp³-hybridized carbons (Fsp3) is 0.478. The monoisotopic (exact) mass is 447 g/mol. The van der Waals surface area contributed by atoms with Crippen LogP contribution in [0.5, 0.6) is 17.2 Å². The Balaban J connectivity index is 2.15. The summed E-state index contributed by atoms with van der Waals surface area (Å²) < 4.78 is 32.2. The van der Waals surface area contributed by atoms with Gasteiger partial charge in [-0.1, -0.05) is 0 Å². The summed E-state index contributed by atoms with van der Waals surface area (Å²) in [6.07, 6.45) is 5.26. The number of rotatable bonds is 8. The van der Waals surface area contributed by atoms with E-state index in [-0.39, 0.29) is 17.3 Å². The molecule has 2 aliphatic rings. The normalized spacial score (nSPS) is 18.5. The van der Waals surface area contributed by atoms with E-state index in [1.165, 1.54) is 35.5 Å². The van der Waals surface area contributed by atoms with Crippen LogP contribution in [-0.2, 0) is 23.8 Å². The molecule has 0 aliphatic carbocycles. The fourth-order valence-corrected chi connectivity index (χ4v) is 4.03. The molecular weight excluding hydrogens is 418 g/mol. The maximum absolute atomic E-state index is 12.8. The summed E-state index contributed by atoms with van der Waals surface area (Å²) in [6.45, 7) is 1.20. The summed E-state index contributed by atoms with van der Waals surface area (Å²) in [5.41, 5.74) is 1.06. The van der Waals surface area contributed by atoms with Crippen LogP contribution in [0.3, 0.4) is 0 Å². The van der Waals surface area contributed by atoms with Gasteiger partial charge in [0.1, 0.15) is 5.75 Å². The van der Waals surface area contributed by atoms with Crippen molar-refractivity contribution < 1.29 is 38.0 Å². The minimum atomic E-state index is -0.801. The van der Waals surface area contributed by atoms with Crippen LogP contribution >= 0.6 is 0 Å². The summed E-state index contributed by atoms with van der Waals surface area (Å²) >= 11 is 0. The van der Waals surface area contributed by atoms with Gasteiger partial charge in [0.05, 0.1) is 58.7 Å². The first kappa shape index (κ1) is 23.5. The second kappa shape index (κ2) is 10.4. The Morgan fingerprint density at radius 1 is 0.906 bits per heavy atom. The Hall–Kier alpha value is -3.20. The quantitative estimate of drug-likeness (QED) is 0.557. The zero-order valence-corrected chi connectivity index (χ0v) is 19.0. The van der Waals surface area contributed by atoms with Crippen LogP contribution in [0.4, 0.5) is 0 Å². The van der Waals surface area contributed by atoms with Crippen LogP contribution in [0, 0.1) is 0 Å². The number of esters is 2. The number of carbonyl (C=O) groups is 2. The van der Waals surface area contributed by atoms with E-state index in [1.54, 1.807) is 29.4 Å². The number of ether oxygens (including phenoxy) is 6. The van der Waals surface area contributed by atoms with Crippen LogP contribution < -0.4 is 14.2 Å². The third-order valence-corrected chi connectivity index (χ3v) is 5.56. The summed E-state index contributed by atoms with van der Waals surface area (Å²) in [5, 5.41) is 0. The molecule has 1 aromatic rings. The largest absolute Gasteiger partial charge is 0.496 e. The standard InChI is InChI=1S/C23H29NO8/c1-27-18-10-20(29-3)19(28-2)9-15(18)21-16(22(25)30-4)12-24(11-14-7-6-8-32-14)13-17(21)23(26)31-5/h9-10,12-14,21H,6-8,11H2,1-5H3. The Morgan fingerprint density at radius 3 is 1.94 bits per heavy atom. The molecule has 0 N–H and O–H groups in total. The van der Waals surface area contributed by atoms with Crippen molar-refractivity contribution in [3.05, 3.63) is 41.2 Å². The molecule has 2 aliphatic heterocycles. The second-order valence-electron chi connectivity index (χ2n) is 7.37. The predicted molar refractivity (Wildman–Crippen MR) is 115 cm³/mol. The van der Waals surface area contributed by atoms with Gasteiger partial charge in [-0.25, -0.2) is 9.59 Å². The lowest BCUT2D eigenvalue weighted by Crippen LogP contribution is -2.32. The molecule has 2 heterocycles. The maximum atomic E-state index is 12.8. The molecular formula is C23H29NO8. The zero-order valence-electron chi connectivity index (χ0n) is 19.0. The van der Waals surface area contributed by atoms with E-state index in [0.717, 1.165) is 12.8 Å². The highest BCUT2D eigenvalue weighted by molar-refractivity contribution is 5.99. The Bertz CT molecular complexity index is 883. The van der Waals surface area contributed by atoms with Gasteiger partial charge in [0.2, 0.25) is 0 Å². The SMILES string of the molecule is COC(=O)C1=CN(CC2CCCO2)C=C(C(=O)OC)C1c1cc(OC)c(OC)cc1OC. The Labute approximate surface area is 187 Å². The van der Waals surface area contributed by atoms with Crippen LogP contribution in [-0.4, -0.2) is 71.6 Å². The molecule has 1 unspecified atom stereocenters. The van der Waals surface area contributed by atoms with E-state index in [2.05, 4.69) is 0 Å². The van der Waals surface area contributed by atoms with E-state index >= 15 is 0 Å². The fourth-order valence-electron chi connectivity index (χ4n) is 4.03. The number of nitrogens with zero attached hydrogens (tertiary/aromatic N) is 1. The molecule has 0 amide bonds. The van der Waals surface area contributed by atoms with E-state index < -0.39 is 17.9 Å². The van der Waals surface area contributed by atoms with Crippen molar-refractivity contribution in [2.45, 2.75) is 24.9 Å². The molecule has 174 valence electrons. The number of carbonyl (C=O) groups excluding carboxylic acids is 2. The molecule has 1 aromatic carbocycles. The molecule has 0 aromatic heterocycles. The van der Waals surface area contributed by atoms with Gasteiger partial charge >= 0.3 is 11.9 Å². The minimum Gasteiger partial charge on any atom is -0.496 e. The molecule has 0 saturated carbocycles. The third-order valence-electron chi connectivity index (χ3n) is 5.56. The van der Waals surface area contributed by atoms with Crippen molar-refractivity contribution in [1.82, 2.24) is 4.90 Å². The highest BCUT2D eigenvalue weighted by atomic mass is 16.5. The minimum absolute atomic E-state index is 0.00691. The maximum Gasteiger partial charge on any atom is 0.336 e. The number of methoxy groups -OCH3 is 5. The lowest BCUT2D eigenvalue weighted by atomic mass is 9.82. The van der Waals surface area contributed by atoms with Gasteiger partial charge in [-0.05, 0) is 18.9 Å². The third kappa shape index (κ3) is 4.67. The number of hydrogen-bond donors (Lipinski definition) is 0. The molecule has 1 atom stereocenters. The Kier molecular flexibility index (Phi) is 7.63. The Morgan fingerprint density at radius 2 is 1.47 bits per heavy atom. The highest BCUT2D eigenvalue weighted by Gasteiger charge is 2.38. The predicted octanol–water partition coefficient (Wildman–Crippen LogP) is 2.40. The van der Waals surface area contributed by atoms with E-state index in [4.69, 9.17) is 28.4 Å².